The first-order chi connectivity index (χ1) is 12.0. The van der Waals surface area contributed by atoms with E-state index < -0.39 is 15.1 Å². The van der Waals surface area contributed by atoms with Gasteiger partial charge in [0.05, 0.1) is 11.5 Å². The highest BCUT2D eigenvalue weighted by molar-refractivity contribution is 7.92. The summed E-state index contributed by atoms with van der Waals surface area (Å²) in [5, 5.41) is -1.09. The zero-order valence-corrected chi connectivity index (χ0v) is 15.4. The molecule has 0 heterocycles. The number of carbonyl (C=O) groups is 1. The molecule has 0 saturated carbocycles. The average molecular weight is 364 g/mol. The maximum Gasteiger partial charge on any atom is 0.189 e. The van der Waals surface area contributed by atoms with Crippen LogP contribution in [0.15, 0.2) is 59.0 Å². The molecule has 1 aliphatic carbocycles. The topological polar surface area (TPSA) is 69.7 Å². The largest absolute Gasteiger partial charge is 0.359 e. The molecule has 1 aliphatic rings. The molecular weight excluding hydrogens is 340 g/mol. The van der Waals surface area contributed by atoms with Crippen LogP contribution in [-0.2, 0) is 24.1 Å². The van der Waals surface area contributed by atoms with E-state index in [2.05, 4.69) is 0 Å². The second-order valence-electron chi connectivity index (χ2n) is 5.89. The number of ether oxygens (including phenoxy) is 2. The molecular formula is C19H24O5S. The van der Waals surface area contributed by atoms with Gasteiger partial charge < -0.3 is 9.47 Å². The molecule has 136 valence electrons. The van der Waals surface area contributed by atoms with Gasteiger partial charge in [0.1, 0.15) is 12.0 Å². The third-order valence-electron chi connectivity index (χ3n) is 4.11. The molecule has 2 rings (SSSR count). The smallest absolute Gasteiger partial charge is 0.189 e. The van der Waals surface area contributed by atoms with E-state index in [4.69, 9.17) is 9.47 Å². The van der Waals surface area contributed by atoms with Crippen molar-refractivity contribution in [2.75, 3.05) is 20.5 Å². The number of methoxy groups -OCH3 is 1. The molecule has 0 fully saturated rings. The summed E-state index contributed by atoms with van der Waals surface area (Å²) in [5.41, 5.74) is 0.368. The number of hydrogen-bond acceptors (Lipinski definition) is 5. The first-order valence-electron chi connectivity index (χ1n) is 8.30. The second-order valence-corrected chi connectivity index (χ2v) is 7.96. The van der Waals surface area contributed by atoms with Crippen LogP contribution in [0, 0.1) is 5.92 Å². The molecule has 0 saturated heterocycles. The van der Waals surface area contributed by atoms with Gasteiger partial charge >= 0.3 is 0 Å². The van der Waals surface area contributed by atoms with Crippen LogP contribution in [0.25, 0.3) is 0 Å². The number of carbonyl (C=O) groups excluding carboxylic acids is 1. The summed E-state index contributed by atoms with van der Waals surface area (Å²) in [5.74, 6) is -0.689. The van der Waals surface area contributed by atoms with E-state index >= 15 is 0 Å². The average Bonchev–Trinajstić information content (AvgIpc) is 2.61. The molecule has 25 heavy (non-hydrogen) atoms. The first-order valence-corrected chi connectivity index (χ1v) is 9.85. The Labute approximate surface area is 149 Å². The Hall–Kier alpha value is -1.76. The molecule has 0 bridgehead atoms. The number of allylic oxidation sites excluding steroid dienone is 3. The SMILES string of the molecule is CCC[C@@H]1C=C/C(=C\COCOC)C(=O)[C@H]1S(=O)(=O)c1ccccc1. The lowest BCUT2D eigenvalue weighted by Gasteiger charge is -2.27. The zero-order chi connectivity index (χ0) is 18.3. The van der Waals surface area contributed by atoms with Gasteiger partial charge in [-0.25, -0.2) is 8.42 Å². The third-order valence-corrected chi connectivity index (χ3v) is 6.27. The zero-order valence-electron chi connectivity index (χ0n) is 14.6. The van der Waals surface area contributed by atoms with Crippen LogP contribution in [0.4, 0.5) is 0 Å². The summed E-state index contributed by atoms with van der Waals surface area (Å²) in [7, 11) is -2.25. The van der Waals surface area contributed by atoms with Gasteiger partial charge in [0, 0.05) is 18.6 Å². The standard InChI is InChI=1S/C19H24O5S/c1-3-7-16-11-10-15(12-13-24-14-23-2)18(20)19(16)25(21,22)17-8-5-4-6-9-17/h4-6,8-12,16,19H,3,7,13-14H2,1-2H3/b15-12+/t16-,19+/m1/s1. The van der Waals surface area contributed by atoms with Crippen LogP contribution in [0.3, 0.4) is 0 Å². The van der Waals surface area contributed by atoms with Crippen molar-refractivity contribution < 1.29 is 22.7 Å². The summed E-state index contributed by atoms with van der Waals surface area (Å²) in [6, 6.07) is 8.16. The third kappa shape index (κ3) is 4.66. The van der Waals surface area contributed by atoms with Gasteiger partial charge in [-0.15, -0.1) is 0 Å². The Kier molecular flexibility index (Phi) is 7.11. The van der Waals surface area contributed by atoms with Crippen molar-refractivity contribution >= 4 is 15.6 Å². The predicted molar refractivity (Wildman–Crippen MR) is 95.9 cm³/mol. The Morgan fingerprint density at radius 3 is 2.56 bits per heavy atom. The van der Waals surface area contributed by atoms with Crippen LogP contribution in [0.1, 0.15) is 19.8 Å². The molecule has 0 amide bonds. The molecule has 1 aromatic rings. The lowest BCUT2D eigenvalue weighted by molar-refractivity contribution is -0.115. The van der Waals surface area contributed by atoms with E-state index in [0.29, 0.717) is 12.0 Å². The molecule has 0 radical (unpaired) electrons. The summed E-state index contributed by atoms with van der Waals surface area (Å²) in [6.07, 6.45) is 6.59. The van der Waals surface area contributed by atoms with Crippen LogP contribution < -0.4 is 0 Å². The highest BCUT2D eigenvalue weighted by Gasteiger charge is 2.41. The second kappa shape index (κ2) is 9.08. The number of benzene rings is 1. The van der Waals surface area contributed by atoms with Gasteiger partial charge in [-0.1, -0.05) is 43.7 Å². The van der Waals surface area contributed by atoms with Gasteiger partial charge in [-0.05, 0) is 24.6 Å². The fraction of sp³-hybridized carbons (Fsp3) is 0.421. The predicted octanol–water partition coefficient (Wildman–Crippen LogP) is 2.93. The molecule has 1 aromatic carbocycles. The lowest BCUT2D eigenvalue weighted by atomic mass is 9.87. The number of hydrogen-bond donors (Lipinski definition) is 0. The highest BCUT2D eigenvalue weighted by atomic mass is 32.2. The minimum atomic E-state index is -3.76. The first kappa shape index (κ1) is 19.6. The van der Waals surface area contributed by atoms with Gasteiger partial charge in [-0.2, -0.15) is 0 Å². The van der Waals surface area contributed by atoms with Crippen LogP contribution >= 0.6 is 0 Å². The quantitative estimate of drug-likeness (QED) is 0.403. The fourth-order valence-electron chi connectivity index (χ4n) is 2.93. The lowest BCUT2D eigenvalue weighted by Crippen LogP contribution is -2.39. The van der Waals surface area contributed by atoms with Crippen molar-refractivity contribution in [3.63, 3.8) is 0 Å². The van der Waals surface area contributed by atoms with Crippen molar-refractivity contribution in [1.29, 1.82) is 0 Å². The maximum absolute atomic E-state index is 13.1. The van der Waals surface area contributed by atoms with Crippen molar-refractivity contribution in [1.82, 2.24) is 0 Å². The maximum atomic E-state index is 13.1. The minimum absolute atomic E-state index is 0.117. The van der Waals surface area contributed by atoms with E-state index in [9.17, 15) is 13.2 Å². The fourth-order valence-corrected chi connectivity index (χ4v) is 4.86. The van der Waals surface area contributed by atoms with Gasteiger partial charge in [0.2, 0.25) is 0 Å². The van der Waals surface area contributed by atoms with E-state index in [0.717, 1.165) is 6.42 Å². The van der Waals surface area contributed by atoms with Gasteiger partial charge in [0.25, 0.3) is 0 Å². The molecule has 0 N–H and O–H groups in total. The van der Waals surface area contributed by atoms with Crippen molar-refractivity contribution in [3.05, 3.63) is 54.1 Å². The number of ketones is 1. The van der Waals surface area contributed by atoms with Crippen LogP contribution in [0.2, 0.25) is 0 Å². The van der Waals surface area contributed by atoms with E-state index in [-0.39, 0.29) is 30.0 Å². The van der Waals surface area contributed by atoms with E-state index in [1.54, 1.807) is 30.4 Å². The summed E-state index contributed by atoms with van der Waals surface area (Å²) in [4.78, 5) is 13.1. The van der Waals surface area contributed by atoms with Crippen molar-refractivity contribution in [3.8, 4) is 0 Å². The molecule has 0 aromatic heterocycles. The molecule has 0 spiro atoms. The van der Waals surface area contributed by atoms with Gasteiger partial charge in [0.15, 0.2) is 15.6 Å². The molecule has 0 aliphatic heterocycles. The summed E-state index contributed by atoms with van der Waals surface area (Å²) in [6.45, 7) is 2.29. The van der Waals surface area contributed by atoms with Crippen molar-refractivity contribution in [2.24, 2.45) is 5.92 Å². The highest BCUT2D eigenvalue weighted by Crippen LogP contribution is 2.32. The number of Topliss-reactive ketones (excluding diaryl/α,β-unsaturated/α-hetero) is 1. The molecule has 5 nitrogen and oxygen atoms in total. The van der Waals surface area contributed by atoms with Crippen LogP contribution in [-0.4, -0.2) is 40.0 Å². The summed E-state index contributed by atoms with van der Waals surface area (Å²) < 4.78 is 36.1. The number of sulfone groups is 1. The Bertz CT molecular complexity index is 734. The van der Waals surface area contributed by atoms with Gasteiger partial charge in [-0.3, -0.25) is 4.79 Å². The molecule has 0 unspecified atom stereocenters. The van der Waals surface area contributed by atoms with Crippen molar-refractivity contribution in [2.45, 2.75) is 29.9 Å². The summed E-state index contributed by atoms with van der Waals surface area (Å²) >= 11 is 0. The molecule has 6 heteroatoms. The van der Waals surface area contributed by atoms with E-state index in [1.807, 2.05) is 13.0 Å². The Morgan fingerprint density at radius 1 is 1.20 bits per heavy atom. The minimum Gasteiger partial charge on any atom is -0.359 e. The van der Waals surface area contributed by atoms with Crippen LogP contribution in [0.5, 0.6) is 0 Å². The monoisotopic (exact) mass is 364 g/mol. The Balaban J connectivity index is 2.35. The normalized spacial score (nSPS) is 22.5. The van der Waals surface area contributed by atoms with E-state index in [1.165, 1.54) is 19.2 Å². The number of rotatable bonds is 8. The molecule has 2 atom stereocenters. The Morgan fingerprint density at radius 2 is 1.92 bits per heavy atom.